The van der Waals surface area contributed by atoms with Gasteiger partial charge in [-0.25, -0.2) is 0 Å². The topological polar surface area (TPSA) is 46.2 Å². The fraction of sp³-hybridized carbons (Fsp3) is 0.476. The number of hydrogen-bond acceptors (Lipinski definition) is 5. The van der Waals surface area contributed by atoms with E-state index in [1.807, 2.05) is 60.7 Å². The molecule has 0 aliphatic heterocycles. The molecule has 3 rings (SSSR count). The Morgan fingerprint density at radius 3 is 1.70 bits per heavy atom. The lowest BCUT2D eigenvalue weighted by Gasteiger charge is -2.19. The molecule has 0 amide bonds. The van der Waals surface area contributed by atoms with E-state index in [2.05, 4.69) is 26.8 Å². The maximum absolute atomic E-state index is 6.38. The summed E-state index contributed by atoms with van der Waals surface area (Å²) in [4.78, 5) is 0. The maximum atomic E-state index is 6.38. The van der Waals surface area contributed by atoms with Crippen LogP contribution in [0.4, 0.5) is 0 Å². The zero-order valence-corrected chi connectivity index (χ0v) is 29.3. The van der Waals surface area contributed by atoms with Crippen molar-refractivity contribution in [2.24, 2.45) is 0 Å². The van der Waals surface area contributed by atoms with Crippen LogP contribution in [0, 0.1) is 12.6 Å². The van der Waals surface area contributed by atoms with Gasteiger partial charge in [-0.2, -0.15) is 0 Å². The highest BCUT2D eigenvalue weighted by Gasteiger charge is 2.17. The van der Waals surface area contributed by atoms with Crippen molar-refractivity contribution >= 4 is 18.2 Å². The largest absolute Gasteiger partial charge is 0.496 e. The van der Waals surface area contributed by atoms with E-state index in [1.165, 1.54) is 38.5 Å². The van der Waals surface area contributed by atoms with Gasteiger partial charge < -0.3 is 23.7 Å². The van der Waals surface area contributed by atoms with E-state index in [0.29, 0.717) is 37.9 Å². The van der Waals surface area contributed by atoms with Gasteiger partial charge in [0.1, 0.15) is 18.1 Å². The SMILES string of the molecule is [CH]=Cc1ccc(C=Cc2cc(OCc3cc(OCCCCCC)c(OCCCCCC)c(OCCCCCC)c3)[c]cc2OC)cc1. The van der Waals surface area contributed by atoms with Crippen LogP contribution in [0.1, 0.15) is 120 Å². The van der Waals surface area contributed by atoms with Crippen LogP contribution in [-0.4, -0.2) is 26.9 Å². The summed E-state index contributed by atoms with van der Waals surface area (Å²) in [5, 5.41) is 0. The Morgan fingerprint density at radius 2 is 1.17 bits per heavy atom. The van der Waals surface area contributed by atoms with Crippen LogP contribution < -0.4 is 23.7 Å². The maximum Gasteiger partial charge on any atom is 0.203 e. The Hall–Kier alpha value is -3.86. The van der Waals surface area contributed by atoms with Gasteiger partial charge in [0.15, 0.2) is 11.5 Å². The highest BCUT2D eigenvalue weighted by atomic mass is 16.5. The summed E-state index contributed by atoms with van der Waals surface area (Å²) in [6.07, 6.45) is 19.3. The lowest BCUT2D eigenvalue weighted by atomic mass is 10.1. The second-order valence-corrected chi connectivity index (χ2v) is 11.9. The van der Waals surface area contributed by atoms with Crippen LogP contribution in [-0.2, 0) is 6.61 Å². The van der Waals surface area contributed by atoms with Crippen LogP contribution in [0.5, 0.6) is 28.7 Å². The molecular weight excluding hydrogens is 584 g/mol. The average Bonchev–Trinajstić information content (AvgIpc) is 3.10. The number of ether oxygens (including phenoxy) is 5. The van der Waals surface area contributed by atoms with Crippen LogP contribution in [0.25, 0.3) is 18.2 Å². The van der Waals surface area contributed by atoms with Crippen LogP contribution >= 0.6 is 0 Å². The van der Waals surface area contributed by atoms with E-state index in [4.69, 9.17) is 30.3 Å². The van der Waals surface area contributed by atoms with Gasteiger partial charge in [0.05, 0.1) is 26.9 Å². The molecule has 0 unspecified atom stereocenters. The molecular formula is C42H56O5. The summed E-state index contributed by atoms with van der Waals surface area (Å²) in [7, 11) is 1.66. The molecule has 2 radical (unpaired) electrons. The summed E-state index contributed by atoms with van der Waals surface area (Å²) in [5.74, 6) is 3.50. The first kappa shape index (κ1) is 37.6. The standard InChI is InChI=1S/C42H56O5/c1-6-10-13-16-27-44-40-30-36(31-41(45-28-17-14-11-7-2)42(40)46-29-18-15-12-8-3)33-47-38-25-26-39(43-5)37(32-38)24-23-35-21-19-34(9-4)20-22-35/h4,9,19-24,26,30-32H,6-8,10-18,27-29,33H2,1-3,5H3. The Balaban J connectivity index is 1.82. The Morgan fingerprint density at radius 1 is 0.617 bits per heavy atom. The average molecular weight is 641 g/mol. The minimum absolute atomic E-state index is 0.332. The minimum atomic E-state index is 0.332. The highest BCUT2D eigenvalue weighted by molar-refractivity contribution is 5.73. The molecule has 0 aliphatic carbocycles. The van der Waals surface area contributed by atoms with E-state index in [-0.39, 0.29) is 0 Å². The van der Waals surface area contributed by atoms with Gasteiger partial charge >= 0.3 is 0 Å². The van der Waals surface area contributed by atoms with Crippen molar-refractivity contribution in [1.29, 1.82) is 0 Å². The second kappa shape index (κ2) is 22.6. The third-order valence-corrected chi connectivity index (χ3v) is 7.95. The predicted octanol–water partition coefficient (Wildman–Crippen LogP) is 11.6. The molecule has 0 fully saturated rings. The molecule has 5 heteroatoms. The molecule has 0 aliphatic rings. The first-order valence-electron chi connectivity index (χ1n) is 17.7. The number of hydrogen-bond donors (Lipinski definition) is 0. The first-order chi connectivity index (χ1) is 23.1. The van der Waals surface area contributed by atoms with Crippen molar-refractivity contribution in [2.45, 2.75) is 104 Å². The zero-order chi connectivity index (χ0) is 33.5. The Labute approximate surface area is 284 Å². The zero-order valence-electron chi connectivity index (χ0n) is 29.3. The van der Waals surface area contributed by atoms with Gasteiger partial charge in [-0.05, 0) is 60.2 Å². The van der Waals surface area contributed by atoms with Crippen molar-refractivity contribution in [3.63, 3.8) is 0 Å². The van der Waals surface area contributed by atoms with Gasteiger partial charge in [-0.1, -0.05) is 128 Å². The Bertz CT molecular complexity index is 1290. The lowest BCUT2D eigenvalue weighted by Crippen LogP contribution is -2.08. The third kappa shape index (κ3) is 13.8. The number of methoxy groups -OCH3 is 1. The van der Waals surface area contributed by atoms with Gasteiger partial charge in [-0.15, -0.1) is 0 Å². The monoisotopic (exact) mass is 640 g/mol. The summed E-state index contributed by atoms with van der Waals surface area (Å²) in [6, 6.07) is 19.1. The molecule has 0 N–H and O–H groups in total. The highest BCUT2D eigenvalue weighted by Crippen LogP contribution is 2.40. The fourth-order valence-electron chi connectivity index (χ4n) is 5.13. The number of rotatable bonds is 25. The molecule has 47 heavy (non-hydrogen) atoms. The molecule has 0 bridgehead atoms. The van der Waals surface area contributed by atoms with E-state index in [0.717, 1.165) is 78.0 Å². The van der Waals surface area contributed by atoms with Crippen LogP contribution in [0.15, 0.2) is 48.5 Å². The number of benzene rings is 3. The van der Waals surface area contributed by atoms with E-state index >= 15 is 0 Å². The first-order valence-corrected chi connectivity index (χ1v) is 17.7. The van der Waals surface area contributed by atoms with E-state index < -0.39 is 0 Å². The predicted molar refractivity (Wildman–Crippen MR) is 196 cm³/mol. The van der Waals surface area contributed by atoms with Crippen molar-refractivity contribution in [1.82, 2.24) is 0 Å². The fourth-order valence-corrected chi connectivity index (χ4v) is 5.13. The smallest absolute Gasteiger partial charge is 0.203 e. The molecule has 0 saturated carbocycles. The summed E-state index contributed by atoms with van der Waals surface area (Å²) in [6.45, 7) is 14.5. The molecule has 0 saturated heterocycles. The quantitative estimate of drug-likeness (QED) is 0.0681. The molecule has 254 valence electrons. The number of unbranched alkanes of at least 4 members (excludes halogenated alkanes) is 9. The molecule has 0 aromatic heterocycles. The third-order valence-electron chi connectivity index (χ3n) is 7.95. The van der Waals surface area contributed by atoms with E-state index in [1.54, 1.807) is 13.2 Å². The van der Waals surface area contributed by atoms with Crippen molar-refractivity contribution in [2.75, 3.05) is 26.9 Å². The van der Waals surface area contributed by atoms with Gasteiger partial charge in [0.2, 0.25) is 5.75 Å². The molecule has 0 spiro atoms. The molecule has 0 atom stereocenters. The van der Waals surface area contributed by atoms with Gasteiger partial charge in [0, 0.05) is 11.6 Å². The van der Waals surface area contributed by atoms with Gasteiger partial charge in [-0.3, -0.25) is 0 Å². The second-order valence-electron chi connectivity index (χ2n) is 11.9. The van der Waals surface area contributed by atoms with Crippen molar-refractivity contribution < 1.29 is 23.7 Å². The van der Waals surface area contributed by atoms with E-state index in [9.17, 15) is 0 Å². The summed E-state index contributed by atoms with van der Waals surface area (Å²) >= 11 is 0. The normalized spacial score (nSPS) is 11.1. The molecule has 3 aromatic carbocycles. The summed E-state index contributed by atoms with van der Waals surface area (Å²) in [5.41, 5.74) is 3.89. The lowest BCUT2D eigenvalue weighted by molar-refractivity contribution is 0.232. The van der Waals surface area contributed by atoms with Gasteiger partial charge in [0.25, 0.3) is 0 Å². The van der Waals surface area contributed by atoms with Crippen LogP contribution in [0.2, 0.25) is 0 Å². The summed E-state index contributed by atoms with van der Waals surface area (Å²) < 4.78 is 31.0. The van der Waals surface area contributed by atoms with Crippen molar-refractivity contribution in [3.05, 3.63) is 83.4 Å². The molecule has 3 aromatic rings. The molecule has 5 nitrogen and oxygen atoms in total. The minimum Gasteiger partial charge on any atom is -0.496 e. The molecule has 0 heterocycles. The van der Waals surface area contributed by atoms with Crippen molar-refractivity contribution in [3.8, 4) is 28.7 Å². The Kier molecular flexibility index (Phi) is 18.1. The van der Waals surface area contributed by atoms with Crippen LogP contribution in [0.3, 0.4) is 0 Å².